The van der Waals surface area contributed by atoms with Gasteiger partial charge in [0, 0.05) is 18.6 Å². The van der Waals surface area contributed by atoms with Crippen LogP contribution in [0.5, 0.6) is 0 Å². The van der Waals surface area contributed by atoms with Crippen LogP contribution in [0.2, 0.25) is 0 Å². The van der Waals surface area contributed by atoms with Gasteiger partial charge in [-0.15, -0.1) is 0 Å². The van der Waals surface area contributed by atoms with E-state index in [1.165, 1.54) is 4.31 Å². The van der Waals surface area contributed by atoms with Crippen LogP contribution in [-0.4, -0.2) is 59.3 Å². The van der Waals surface area contributed by atoms with Crippen molar-refractivity contribution in [2.75, 3.05) is 13.1 Å². The molecule has 1 unspecified atom stereocenters. The molecule has 1 aromatic rings. The highest BCUT2D eigenvalue weighted by molar-refractivity contribution is 7.89. The van der Waals surface area contributed by atoms with Gasteiger partial charge < -0.3 is 14.4 Å². The number of nitrogens with zero attached hydrogens (tertiary/aromatic N) is 2. The molecule has 9 heteroatoms. The molecule has 136 valence electrons. The van der Waals surface area contributed by atoms with E-state index in [0.717, 1.165) is 37.8 Å². The Morgan fingerprint density at radius 2 is 1.92 bits per heavy atom. The van der Waals surface area contributed by atoms with Crippen molar-refractivity contribution in [3.63, 3.8) is 0 Å². The molecular weight excluding hydrogens is 348 g/mol. The first kappa shape index (κ1) is 16.6. The third-order valence-corrected chi connectivity index (χ3v) is 7.55. The summed E-state index contributed by atoms with van der Waals surface area (Å²) >= 11 is 0. The van der Waals surface area contributed by atoms with E-state index in [1.54, 1.807) is 0 Å². The number of sulfonamides is 1. The smallest absolute Gasteiger partial charge is 0.371 e. The molecule has 0 radical (unpaired) electrons. The van der Waals surface area contributed by atoms with Crippen LogP contribution in [0.15, 0.2) is 21.6 Å². The summed E-state index contributed by atoms with van der Waals surface area (Å²) in [5.74, 6) is -1.89. The van der Waals surface area contributed by atoms with Crippen LogP contribution >= 0.6 is 0 Å². The number of amides is 1. The number of carbonyl (C=O) groups is 2. The van der Waals surface area contributed by atoms with E-state index in [2.05, 4.69) is 0 Å². The zero-order chi connectivity index (χ0) is 17.8. The highest BCUT2D eigenvalue weighted by Gasteiger charge is 2.54. The lowest BCUT2D eigenvalue weighted by Gasteiger charge is -2.59. The molecule has 2 saturated heterocycles. The highest BCUT2D eigenvalue weighted by atomic mass is 32.2. The van der Waals surface area contributed by atoms with Crippen molar-refractivity contribution in [3.05, 3.63) is 17.9 Å². The molecule has 3 fully saturated rings. The maximum Gasteiger partial charge on any atom is 0.371 e. The summed E-state index contributed by atoms with van der Waals surface area (Å²) in [6.07, 6.45) is 5.19. The van der Waals surface area contributed by atoms with Crippen molar-refractivity contribution in [2.24, 2.45) is 0 Å². The average molecular weight is 368 g/mol. The fourth-order valence-electron chi connectivity index (χ4n) is 4.13. The minimum Gasteiger partial charge on any atom is -0.475 e. The van der Waals surface area contributed by atoms with Crippen LogP contribution < -0.4 is 0 Å². The summed E-state index contributed by atoms with van der Waals surface area (Å²) in [5.41, 5.74) is -0.0315. The van der Waals surface area contributed by atoms with Gasteiger partial charge in [-0.1, -0.05) is 0 Å². The van der Waals surface area contributed by atoms with Gasteiger partial charge in [0.25, 0.3) is 10.0 Å². The van der Waals surface area contributed by atoms with Crippen LogP contribution in [0.3, 0.4) is 0 Å². The lowest BCUT2D eigenvalue weighted by Crippen LogP contribution is -2.68. The molecule has 4 rings (SSSR count). The average Bonchev–Trinajstić information content (AvgIpc) is 3.14. The Morgan fingerprint density at radius 1 is 1.16 bits per heavy atom. The van der Waals surface area contributed by atoms with Gasteiger partial charge in [-0.05, 0) is 50.7 Å². The lowest BCUT2D eigenvalue weighted by atomic mass is 9.67. The SMILES string of the molecule is O=C(O)c1ccc(S(=O)(=O)N2CCCC2C(=O)N2CCC23CCC3)o1. The maximum absolute atomic E-state index is 12.9. The van der Waals surface area contributed by atoms with E-state index in [9.17, 15) is 18.0 Å². The van der Waals surface area contributed by atoms with Crippen LogP contribution in [0.1, 0.15) is 49.1 Å². The summed E-state index contributed by atoms with van der Waals surface area (Å²) in [6, 6.07) is 1.53. The fraction of sp³-hybridized carbons (Fsp3) is 0.625. The van der Waals surface area contributed by atoms with Crippen LogP contribution in [0, 0.1) is 0 Å². The molecule has 1 amide bonds. The predicted octanol–water partition coefficient (Wildman–Crippen LogP) is 1.29. The first-order chi connectivity index (χ1) is 11.8. The van der Waals surface area contributed by atoms with Gasteiger partial charge in [0.1, 0.15) is 6.04 Å². The quantitative estimate of drug-likeness (QED) is 0.858. The number of carbonyl (C=O) groups excluding carboxylic acids is 1. The Morgan fingerprint density at radius 3 is 2.44 bits per heavy atom. The minimum atomic E-state index is -4.03. The Kier molecular flexibility index (Phi) is 3.69. The first-order valence-electron chi connectivity index (χ1n) is 8.52. The molecule has 1 aromatic heterocycles. The van der Waals surface area contributed by atoms with Crippen molar-refractivity contribution in [2.45, 2.75) is 55.2 Å². The normalized spacial score (nSPS) is 25.6. The molecule has 1 spiro atoms. The molecule has 25 heavy (non-hydrogen) atoms. The molecule has 3 heterocycles. The van der Waals surface area contributed by atoms with Crippen molar-refractivity contribution in [1.29, 1.82) is 0 Å². The number of aromatic carboxylic acids is 1. The second-order valence-corrected chi connectivity index (χ2v) is 8.84. The number of carboxylic acid groups (broad SMARTS) is 1. The summed E-state index contributed by atoms with van der Waals surface area (Å²) in [6.45, 7) is 0.926. The van der Waals surface area contributed by atoms with Gasteiger partial charge in [-0.2, -0.15) is 4.31 Å². The minimum absolute atomic E-state index is 0.0315. The topological polar surface area (TPSA) is 108 Å². The number of rotatable bonds is 4. The van der Waals surface area contributed by atoms with E-state index >= 15 is 0 Å². The second kappa shape index (κ2) is 5.57. The van der Waals surface area contributed by atoms with Gasteiger partial charge in [-0.25, -0.2) is 13.2 Å². The van der Waals surface area contributed by atoms with Crippen LogP contribution in [0.25, 0.3) is 0 Å². The fourth-order valence-corrected chi connectivity index (χ4v) is 5.70. The zero-order valence-corrected chi connectivity index (χ0v) is 14.5. The second-order valence-electron chi connectivity index (χ2n) is 7.02. The van der Waals surface area contributed by atoms with Gasteiger partial charge in [0.15, 0.2) is 0 Å². The summed E-state index contributed by atoms with van der Waals surface area (Å²) in [7, 11) is -4.03. The Bertz CT molecular complexity index is 820. The maximum atomic E-state index is 12.9. The van der Waals surface area contributed by atoms with E-state index in [-0.39, 0.29) is 18.0 Å². The van der Waals surface area contributed by atoms with Crippen LogP contribution in [0.4, 0.5) is 0 Å². The van der Waals surface area contributed by atoms with Gasteiger partial charge in [0.05, 0.1) is 0 Å². The van der Waals surface area contributed by atoms with Crippen LogP contribution in [-0.2, 0) is 14.8 Å². The molecule has 1 saturated carbocycles. The molecule has 2 aliphatic heterocycles. The molecule has 1 atom stereocenters. The van der Waals surface area contributed by atoms with E-state index < -0.39 is 32.9 Å². The van der Waals surface area contributed by atoms with Gasteiger partial charge in [-0.3, -0.25) is 4.79 Å². The number of furan rings is 1. The van der Waals surface area contributed by atoms with Crippen molar-refractivity contribution in [3.8, 4) is 0 Å². The predicted molar refractivity (Wildman–Crippen MR) is 85.5 cm³/mol. The summed E-state index contributed by atoms with van der Waals surface area (Å²) in [4.78, 5) is 25.7. The van der Waals surface area contributed by atoms with E-state index in [1.807, 2.05) is 4.90 Å². The zero-order valence-electron chi connectivity index (χ0n) is 13.7. The molecule has 3 aliphatic rings. The number of hydrogen-bond donors (Lipinski definition) is 1. The largest absolute Gasteiger partial charge is 0.475 e. The molecule has 1 aliphatic carbocycles. The Balaban J connectivity index is 1.58. The first-order valence-corrected chi connectivity index (χ1v) is 9.96. The third-order valence-electron chi connectivity index (χ3n) is 5.77. The van der Waals surface area contributed by atoms with Crippen molar-refractivity contribution < 1.29 is 27.5 Å². The molecular formula is C16H20N2O6S. The van der Waals surface area contributed by atoms with Gasteiger partial charge >= 0.3 is 5.97 Å². The number of carboxylic acids is 1. The molecule has 8 nitrogen and oxygen atoms in total. The summed E-state index contributed by atoms with van der Waals surface area (Å²) in [5, 5.41) is 8.49. The molecule has 1 N–H and O–H groups in total. The monoisotopic (exact) mass is 368 g/mol. The highest BCUT2D eigenvalue weighted by Crippen LogP contribution is 2.48. The van der Waals surface area contributed by atoms with E-state index in [4.69, 9.17) is 9.52 Å². The van der Waals surface area contributed by atoms with Crippen molar-refractivity contribution in [1.82, 2.24) is 9.21 Å². The van der Waals surface area contributed by atoms with E-state index in [0.29, 0.717) is 19.4 Å². The number of likely N-dealkylation sites (tertiary alicyclic amines) is 1. The number of hydrogen-bond acceptors (Lipinski definition) is 5. The standard InChI is InChI=1S/C16H20N2O6S/c19-14(17-10-8-16(17)6-2-7-16)11-3-1-9-18(11)25(22,23)13-5-4-12(24-13)15(20)21/h4-5,11H,1-3,6-10H2,(H,20,21). The molecule has 0 aromatic carbocycles. The molecule has 0 bridgehead atoms. The Labute approximate surface area is 145 Å². The van der Waals surface area contributed by atoms with Gasteiger partial charge in [0.2, 0.25) is 16.8 Å². The Hall–Kier alpha value is -1.87. The third kappa shape index (κ3) is 2.40. The summed E-state index contributed by atoms with van der Waals surface area (Å²) < 4.78 is 31.8. The van der Waals surface area contributed by atoms with Crippen molar-refractivity contribution >= 4 is 21.9 Å². The lowest BCUT2D eigenvalue weighted by molar-refractivity contribution is -0.159.